The summed E-state index contributed by atoms with van der Waals surface area (Å²) in [6.45, 7) is 1.28. The minimum absolute atomic E-state index is 0.0928. The number of nitrogens with zero attached hydrogens (tertiary/aromatic N) is 1. The molecule has 6 nitrogen and oxygen atoms in total. The number of carbonyl (C=O) groups excluding carboxylic acids is 1. The molecule has 1 saturated heterocycles. The molecule has 1 atom stereocenters. The Hall–Kier alpha value is -2.08. The lowest BCUT2D eigenvalue weighted by Gasteiger charge is -2.10. The molecule has 94 valence electrons. The van der Waals surface area contributed by atoms with Crippen molar-refractivity contribution >= 4 is 22.8 Å². The summed E-state index contributed by atoms with van der Waals surface area (Å²) >= 11 is 0. The highest BCUT2D eigenvalue weighted by atomic mass is 16.5. The predicted octanol–water partition coefficient (Wildman–Crippen LogP) is 1.47. The van der Waals surface area contributed by atoms with Crippen LogP contribution in [0.5, 0.6) is 0 Å². The zero-order valence-electron chi connectivity index (χ0n) is 9.77. The third-order valence-corrected chi connectivity index (χ3v) is 2.97. The molecule has 0 radical (unpaired) electrons. The second-order valence-corrected chi connectivity index (χ2v) is 4.28. The first-order valence-corrected chi connectivity index (χ1v) is 5.91. The molecule has 1 aromatic carbocycles. The molecule has 6 heteroatoms. The van der Waals surface area contributed by atoms with Gasteiger partial charge in [0.25, 0.3) is 0 Å². The number of urea groups is 1. The van der Waals surface area contributed by atoms with Crippen molar-refractivity contribution in [2.24, 2.45) is 0 Å². The highest BCUT2D eigenvalue weighted by molar-refractivity contribution is 5.98. The molecule has 1 aliphatic rings. The average molecular weight is 246 g/mol. The standard InChI is InChI=1S/C12H14N4O2/c17-12(13-8-5-6-18-7-8)14-11-9-3-1-2-4-10(9)15-16-11/h1-4,8H,5-7H2,(H3,13,14,15,16,17). The van der Waals surface area contributed by atoms with Crippen molar-refractivity contribution in [1.29, 1.82) is 0 Å². The zero-order chi connectivity index (χ0) is 12.4. The first-order chi connectivity index (χ1) is 8.83. The number of rotatable bonds is 2. The molecule has 0 bridgehead atoms. The second-order valence-electron chi connectivity index (χ2n) is 4.28. The topological polar surface area (TPSA) is 79.0 Å². The molecule has 1 aliphatic heterocycles. The minimum Gasteiger partial charge on any atom is -0.379 e. The SMILES string of the molecule is O=C(Nc1n[nH]c2ccccc12)NC1CCOC1. The van der Waals surface area contributed by atoms with E-state index in [9.17, 15) is 4.79 Å². The zero-order valence-corrected chi connectivity index (χ0v) is 9.77. The number of para-hydroxylation sites is 1. The summed E-state index contributed by atoms with van der Waals surface area (Å²) < 4.78 is 5.20. The third-order valence-electron chi connectivity index (χ3n) is 2.97. The molecule has 3 N–H and O–H groups in total. The fourth-order valence-corrected chi connectivity index (χ4v) is 2.04. The molecule has 1 unspecified atom stereocenters. The molecule has 0 saturated carbocycles. The van der Waals surface area contributed by atoms with Crippen LogP contribution in [-0.4, -0.2) is 35.5 Å². The fraction of sp³-hybridized carbons (Fsp3) is 0.333. The van der Waals surface area contributed by atoms with Crippen molar-refractivity contribution in [3.63, 3.8) is 0 Å². The van der Waals surface area contributed by atoms with Crippen LogP contribution in [0, 0.1) is 0 Å². The minimum atomic E-state index is -0.247. The van der Waals surface area contributed by atoms with Gasteiger partial charge in [-0.05, 0) is 18.6 Å². The van der Waals surface area contributed by atoms with Crippen LogP contribution in [0.1, 0.15) is 6.42 Å². The average Bonchev–Trinajstić information content (AvgIpc) is 3.00. The highest BCUT2D eigenvalue weighted by Gasteiger charge is 2.18. The molecule has 1 aromatic heterocycles. The number of hydrogen-bond acceptors (Lipinski definition) is 3. The van der Waals surface area contributed by atoms with E-state index in [0.717, 1.165) is 17.3 Å². The molecule has 18 heavy (non-hydrogen) atoms. The van der Waals surface area contributed by atoms with Gasteiger partial charge in [-0.25, -0.2) is 4.79 Å². The highest BCUT2D eigenvalue weighted by Crippen LogP contribution is 2.19. The van der Waals surface area contributed by atoms with Gasteiger partial charge in [-0.1, -0.05) is 12.1 Å². The summed E-state index contributed by atoms with van der Waals surface area (Å²) in [6, 6.07) is 7.49. The van der Waals surface area contributed by atoms with E-state index >= 15 is 0 Å². The van der Waals surface area contributed by atoms with Crippen molar-refractivity contribution in [2.75, 3.05) is 18.5 Å². The van der Waals surface area contributed by atoms with E-state index in [-0.39, 0.29) is 12.1 Å². The molecular formula is C12H14N4O2. The molecule has 3 rings (SSSR count). The Balaban J connectivity index is 1.70. The fourth-order valence-electron chi connectivity index (χ4n) is 2.04. The monoisotopic (exact) mass is 246 g/mol. The maximum Gasteiger partial charge on any atom is 0.320 e. The largest absolute Gasteiger partial charge is 0.379 e. The van der Waals surface area contributed by atoms with E-state index in [4.69, 9.17) is 4.74 Å². The number of fused-ring (bicyclic) bond motifs is 1. The summed E-state index contributed by atoms with van der Waals surface area (Å²) in [6.07, 6.45) is 0.856. The molecular weight excluding hydrogens is 232 g/mol. The Morgan fingerprint density at radius 3 is 3.17 bits per heavy atom. The number of amides is 2. The maximum atomic E-state index is 11.8. The normalized spacial score (nSPS) is 19.0. The lowest BCUT2D eigenvalue weighted by Crippen LogP contribution is -2.38. The smallest absolute Gasteiger partial charge is 0.320 e. The van der Waals surface area contributed by atoms with Crippen LogP contribution in [0.3, 0.4) is 0 Å². The molecule has 2 amide bonds. The van der Waals surface area contributed by atoms with E-state index in [2.05, 4.69) is 20.8 Å². The van der Waals surface area contributed by atoms with E-state index < -0.39 is 0 Å². The Morgan fingerprint density at radius 2 is 2.33 bits per heavy atom. The first kappa shape index (κ1) is 11.0. The quantitative estimate of drug-likeness (QED) is 0.750. The number of benzene rings is 1. The van der Waals surface area contributed by atoms with Crippen LogP contribution < -0.4 is 10.6 Å². The van der Waals surface area contributed by atoms with Gasteiger partial charge in [-0.15, -0.1) is 0 Å². The van der Waals surface area contributed by atoms with Crippen molar-refractivity contribution in [1.82, 2.24) is 15.5 Å². The summed E-state index contributed by atoms with van der Waals surface area (Å²) in [7, 11) is 0. The van der Waals surface area contributed by atoms with Crippen molar-refractivity contribution < 1.29 is 9.53 Å². The van der Waals surface area contributed by atoms with Gasteiger partial charge in [0.05, 0.1) is 18.2 Å². The van der Waals surface area contributed by atoms with Gasteiger partial charge in [0.15, 0.2) is 5.82 Å². The number of ether oxygens (including phenoxy) is 1. The number of nitrogens with one attached hydrogen (secondary N) is 3. The summed E-state index contributed by atoms with van der Waals surface area (Å²) in [5.74, 6) is 0.544. The van der Waals surface area contributed by atoms with Crippen LogP contribution in [-0.2, 0) is 4.74 Å². The third kappa shape index (κ3) is 2.14. The Morgan fingerprint density at radius 1 is 1.44 bits per heavy atom. The van der Waals surface area contributed by atoms with Gasteiger partial charge in [-0.3, -0.25) is 10.4 Å². The number of anilines is 1. The predicted molar refractivity (Wildman–Crippen MR) is 67.5 cm³/mol. The summed E-state index contributed by atoms with van der Waals surface area (Å²) in [4.78, 5) is 11.8. The van der Waals surface area contributed by atoms with Gasteiger partial charge in [0, 0.05) is 12.0 Å². The summed E-state index contributed by atoms with van der Waals surface area (Å²) in [5, 5.41) is 13.4. The number of aromatic amines is 1. The first-order valence-electron chi connectivity index (χ1n) is 5.91. The summed E-state index contributed by atoms with van der Waals surface area (Å²) in [5.41, 5.74) is 0.900. The Bertz CT molecular complexity index is 560. The number of H-pyrrole nitrogens is 1. The molecule has 0 aliphatic carbocycles. The van der Waals surface area contributed by atoms with E-state index in [1.54, 1.807) is 0 Å². The van der Waals surface area contributed by atoms with Crippen molar-refractivity contribution in [2.45, 2.75) is 12.5 Å². The van der Waals surface area contributed by atoms with E-state index in [1.165, 1.54) is 0 Å². The molecule has 1 fully saturated rings. The van der Waals surface area contributed by atoms with Crippen LogP contribution in [0.25, 0.3) is 10.9 Å². The van der Waals surface area contributed by atoms with Gasteiger partial charge < -0.3 is 10.1 Å². The Labute approximate surface area is 104 Å². The van der Waals surface area contributed by atoms with Crippen LogP contribution in [0.2, 0.25) is 0 Å². The Kier molecular flexibility index (Phi) is 2.85. The lowest BCUT2D eigenvalue weighted by molar-refractivity contribution is 0.189. The maximum absolute atomic E-state index is 11.8. The van der Waals surface area contributed by atoms with E-state index in [0.29, 0.717) is 19.0 Å². The van der Waals surface area contributed by atoms with Gasteiger partial charge in [-0.2, -0.15) is 5.10 Å². The van der Waals surface area contributed by atoms with Crippen LogP contribution >= 0.6 is 0 Å². The second kappa shape index (κ2) is 4.66. The number of hydrogen-bond donors (Lipinski definition) is 3. The van der Waals surface area contributed by atoms with Gasteiger partial charge >= 0.3 is 6.03 Å². The van der Waals surface area contributed by atoms with Crippen LogP contribution in [0.4, 0.5) is 10.6 Å². The van der Waals surface area contributed by atoms with Crippen molar-refractivity contribution in [3.05, 3.63) is 24.3 Å². The van der Waals surface area contributed by atoms with E-state index in [1.807, 2.05) is 24.3 Å². The number of aromatic nitrogens is 2. The van der Waals surface area contributed by atoms with Crippen LogP contribution in [0.15, 0.2) is 24.3 Å². The van der Waals surface area contributed by atoms with Crippen molar-refractivity contribution in [3.8, 4) is 0 Å². The molecule has 2 heterocycles. The molecule has 0 spiro atoms. The number of carbonyl (C=O) groups is 1. The lowest BCUT2D eigenvalue weighted by atomic mass is 10.2. The molecule has 2 aromatic rings. The van der Waals surface area contributed by atoms with Gasteiger partial charge in [0.2, 0.25) is 0 Å². The van der Waals surface area contributed by atoms with Gasteiger partial charge in [0.1, 0.15) is 0 Å².